The van der Waals surface area contributed by atoms with Crippen LogP contribution in [0, 0.1) is 11.8 Å². The summed E-state index contributed by atoms with van der Waals surface area (Å²) in [6, 6.07) is -0.395. The molecule has 0 aliphatic rings. The van der Waals surface area contributed by atoms with Gasteiger partial charge in [-0.3, -0.25) is 9.59 Å². The highest BCUT2D eigenvalue weighted by molar-refractivity contribution is 5.79. The first-order chi connectivity index (χ1) is 11.8. The molecule has 2 atom stereocenters. The van der Waals surface area contributed by atoms with Gasteiger partial charge in [-0.1, -0.05) is 27.7 Å². The van der Waals surface area contributed by atoms with Crippen molar-refractivity contribution in [1.82, 2.24) is 20.6 Å². The first-order valence-electron chi connectivity index (χ1n) is 9.05. The quantitative estimate of drug-likeness (QED) is 0.430. The molecular weight excluding hydrogens is 320 g/mol. The maximum absolute atomic E-state index is 12.4. The number of hydrogen-bond acceptors (Lipinski definition) is 4. The van der Waals surface area contributed by atoms with Gasteiger partial charge in [0.05, 0.1) is 12.0 Å². The van der Waals surface area contributed by atoms with Gasteiger partial charge in [-0.25, -0.2) is 4.98 Å². The van der Waals surface area contributed by atoms with Crippen LogP contribution in [0.3, 0.4) is 0 Å². The maximum atomic E-state index is 12.4. The average molecular weight is 352 g/mol. The number of nitrogens with one attached hydrogen (secondary N) is 3. The first-order valence-corrected chi connectivity index (χ1v) is 9.05. The van der Waals surface area contributed by atoms with E-state index in [4.69, 9.17) is 0 Å². The van der Waals surface area contributed by atoms with Crippen LogP contribution in [-0.4, -0.2) is 45.6 Å². The fourth-order valence-electron chi connectivity index (χ4n) is 2.76. The van der Waals surface area contributed by atoms with Crippen molar-refractivity contribution in [3.63, 3.8) is 0 Å². The number of amides is 1. The predicted octanol–water partition coefficient (Wildman–Crippen LogP) is 1.96. The van der Waals surface area contributed by atoms with Crippen LogP contribution < -0.4 is 10.6 Å². The third kappa shape index (κ3) is 8.16. The van der Waals surface area contributed by atoms with Crippen LogP contribution in [0.4, 0.5) is 0 Å². The number of aromatic nitrogens is 2. The summed E-state index contributed by atoms with van der Waals surface area (Å²) < 4.78 is 0. The molecule has 0 aromatic carbocycles. The van der Waals surface area contributed by atoms with Gasteiger partial charge in [0.15, 0.2) is 0 Å². The van der Waals surface area contributed by atoms with Gasteiger partial charge >= 0.3 is 5.97 Å². The van der Waals surface area contributed by atoms with Gasteiger partial charge < -0.3 is 20.7 Å². The van der Waals surface area contributed by atoms with Crippen LogP contribution in [0.2, 0.25) is 0 Å². The third-order valence-corrected chi connectivity index (χ3v) is 4.18. The van der Waals surface area contributed by atoms with Gasteiger partial charge in [0.1, 0.15) is 6.04 Å². The molecule has 7 nitrogen and oxygen atoms in total. The summed E-state index contributed by atoms with van der Waals surface area (Å²) in [5, 5.41) is 15.2. The molecule has 0 unspecified atom stereocenters. The number of carboxylic acid groups (broad SMARTS) is 1. The number of aromatic amines is 1. The second-order valence-corrected chi connectivity index (χ2v) is 7.11. The molecule has 0 bridgehead atoms. The Morgan fingerprint density at radius 3 is 2.48 bits per heavy atom. The number of H-pyrrole nitrogens is 1. The van der Waals surface area contributed by atoms with E-state index in [0.717, 1.165) is 18.5 Å². The number of hydrogen-bond donors (Lipinski definition) is 4. The molecule has 1 amide bonds. The fraction of sp³-hybridized carbons (Fsp3) is 0.722. The Bertz CT molecular complexity index is 514. The highest BCUT2D eigenvalue weighted by atomic mass is 16.4. The molecule has 0 saturated carbocycles. The van der Waals surface area contributed by atoms with Crippen molar-refractivity contribution in [3.05, 3.63) is 18.2 Å². The van der Waals surface area contributed by atoms with E-state index in [9.17, 15) is 14.7 Å². The molecule has 1 heterocycles. The molecule has 0 aliphatic heterocycles. The van der Waals surface area contributed by atoms with Crippen LogP contribution in [0.15, 0.2) is 12.5 Å². The Balaban J connectivity index is 2.33. The first kappa shape index (κ1) is 21.2. The average Bonchev–Trinajstić information content (AvgIpc) is 3.03. The van der Waals surface area contributed by atoms with Crippen LogP contribution in [0.5, 0.6) is 0 Å². The number of rotatable bonds is 12. The van der Waals surface area contributed by atoms with Crippen LogP contribution in [0.25, 0.3) is 0 Å². The summed E-state index contributed by atoms with van der Waals surface area (Å²) in [5.41, 5.74) is 0.887. The van der Waals surface area contributed by atoms with Crippen molar-refractivity contribution < 1.29 is 14.7 Å². The minimum Gasteiger partial charge on any atom is -0.480 e. The maximum Gasteiger partial charge on any atom is 0.320 e. The Hall–Kier alpha value is -1.89. The summed E-state index contributed by atoms with van der Waals surface area (Å²) in [5.74, 6) is -0.675. The van der Waals surface area contributed by atoms with E-state index in [1.807, 2.05) is 33.9 Å². The van der Waals surface area contributed by atoms with E-state index in [2.05, 4.69) is 20.6 Å². The summed E-state index contributed by atoms with van der Waals surface area (Å²) in [4.78, 5) is 30.7. The van der Waals surface area contributed by atoms with E-state index in [1.165, 1.54) is 0 Å². The van der Waals surface area contributed by atoms with Gasteiger partial charge in [0.25, 0.3) is 0 Å². The van der Waals surface area contributed by atoms with Gasteiger partial charge in [-0.05, 0) is 25.2 Å². The number of carboxylic acids is 1. The molecule has 1 aromatic heterocycles. The molecule has 0 saturated heterocycles. The lowest BCUT2D eigenvalue weighted by Crippen LogP contribution is -2.41. The molecule has 4 N–H and O–H groups in total. The number of carbonyl (C=O) groups excluding carboxylic acids is 1. The Kier molecular flexibility index (Phi) is 9.20. The largest absolute Gasteiger partial charge is 0.480 e. The van der Waals surface area contributed by atoms with Crippen molar-refractivity contribution in [2.75, 3.05) is 6.54 Å². The minimum atomic E-state index is -0.823. The highest BCUT2D eigenvalue weighted by Gasteiger charge is 2.23. The zero-order valence-electron chi connectivity index (χ0n) is 15.7. The highest BCUT2D eigenvalue weighted by Crippen LogP contribution is 2.16. The zero-order chi connectivity index (χ0) is 18.8. The van der Waals surface area contributed by atoms with E-state index in [0.29, 0.717) is 19.4 Å². The van der Waals surface area contributed by atoms with Gasteiger partial charge in [-0.15, -0.1) is 0 Å². The number of carbonyl (C=O) groups is 2. The lowest BCUT2D eigenvalue weighted by molar-refractivity contribution is -0.140. The molecule has 0 aliphatic carbocycles. The van der Waals surface area contributed by atoms with Gasteiger partial charge in [-0.2, -0.15) is 0 Å². The monoisotopic (exact) mass is 352 g/mol. The van der Waals surface area contributed by atoms with Crippen molar-refractivity contribution >= 4 is 11.9 Å². The van der Waals surface area contributed by atoms with Crippen molar-refractivity contribution in [1.29, 1.82) is 0 Å². The van der Waals surface area contributed by atoms with E-state index < -0.39 is 12.0 Å². The normalized spacial score (nSPS) is 13.8. The molecule has 25 heavy (non-hydrogen) atoms. The zero-order valence-corrected chi connectivity index (χ0v) is 15.7. The number of nitrogens with zero attached hydrogens (tertiary/aromatic N) is 1. The summed E-state index contributed by atoms with van der Waals surface area (Å²) in [7, 11) is 0. The summed E-state index contributed by atoms with van der Waals surface area (Å²) in [6.07, 6.45) is 6.13. The van der Waals surface area contributed by atoms with Gasteiger partial charge in [0, 0.05) is 31.1 Å². The van der Waals surface area contributed by atoms with Crippen molar-refractivity contribution in [3.8, 4) is 0 Å². The van der Waals surface area contributed by atoms with Crippen LogP contribution >= 0.6 is 0 Å². The molecule has 0 spiro atoms. The number of aliphatic carboxylic acids is 1. The molecule has 0 radical (unpaired) electrons. The molecule has 0 fully saturated rings. The smallest absolute Gasteiger partial charge is 0.320 e. The summed E-state index contributed by atoms with van der Waals surface area (Å²) >= 11 is 0. The molecular formula is C18H32N4O3. The molecule has 7 heteroatoms. The standard InChI is InChI=1S/C18H32N4O3/c1-12(2)15(9-14-10-19-11-21-14)17(23)20-8-6-5-7-16(18(24)25)22-13(3)4/h10-13,15-16,22H,5-9H2,1-4H3,(H,19,21)(H,20,23)(H,24,25)/t15-,16-/m0/s1. The van der Waals surface area contributed by atoms with Crippen molar-refractivity contribution in [2.45, 2.75) is 65.5 Å². The fourth-order valence-corrected chi connectivity index (χ4v) is 2.76. The SMILES string of the molecule is CC(C)N[C@@H](CCCCNC(=O)[C@@H](Cc1c[nH]cn1)C(C)C)C(=O)O. The van der Waals surface area contributed by atoms with Gasteiger partial charge in [0.2, 0.25) is 5.91 Å². The van der Waals surface area contributed by atoms with E-state index in [-0.39, 0.29) is 23.8 Å². The minimum absolute atomic E-state index is 0.0353. The van der Waals surface area contributed by atoms with E-state index >= 15 is 0 Å². The molecule has 1 rings (SSSR count). The second kappa shape index (κ2) is 10.9. The predicted molar refractivity (Wildman–Crippen MR) is 97.2 cm³/mol. The Labute approximate surface area is 150 Å². The second-order valence-electron chi connectivity index (χ2n) is 7.11. The Morgan fingerprint density at radius 2 is 1.96 bits per heavy atom. The van der Waals surface area contributed by atoms with Crippen molar-refractivity contribution in [2.24, 2.45) is 11.8 Å². The molecule has 142 valence electrons. The third-order valence-electron chi connectivity index (χ3n) is 4.18. The topological polar surface area (TPSA) is 107 Å². The Morgan fingerprint density at radius 1 is 1.24 bits per heavy atom. The molecule has 1 aromatic rings. The lowest BCUT2D eigenvalue weighted by Gasteiger charge is -2.20. The van der Waals surface area contributed by atoms with Crippen LogP contribution in [0.1, 0.15) is 52.7 Å². The number of imidazole rings is 1. The lowest BCUT2D eigenvalue weighted by atomic mass is 9.90. The van der Waals surface area contributed by atoms with Crippen LogP contribution in [-0.2, 0) is 16.0 Å². The summed E-state index contributed by atoms with van der Waals surface area (Å²) in [6.45, 7) is 8.50. The van der Waals surface area contributed by atoms with E-state index in [1.54, 1.807) is 6.33 Å². The number of unbranched alkanes of at least 4 members (excludes halogenated alkanes) is 1.